The molecule has 0 spiro atoms. The molecule has 1 aliphatic rings. The molecule has 3 heteroatoms. The normalized spacial score (nSPS) is 19.0. The lowest BCUT2D eigenvalue weighted by molar-refractivity contribution is 0.233. The van der Waals surface area contributed by atoms with Crippen molar-refractivity contribution in [1.82, 2.24) is 10.2 Å². The van der Waals surface area contributed by atoms with Crippen LogP contribution < -0.4 is 10.1 Å². The van der Waals surface area contributed by atoms with E-state index in [9.17, 15) is 0 Å². The molecule has 1 N–H and O–H groups in total. The Kier molecular flexibility index (Phi) is 6.52. The van der Waals surface area contributed by atoms with Crippen molar-refractivity contribution in [2.75, 3.05) is 33.3 Å². The van der Waals surface area contributed by atoms with Crippen LogP contribution in [0, 0.1) is 13.8 Å². The van der Waals surface area contributed by atoms with Crippen LogP contribution in [-0.4, -0.2) is 44.2 Å². The van der Waals surface area contributed by atoms with Crippen LogP contribution in [0.5, 0.6) is 5.75 Å². The van der Waals surface area contributed by atoms with Gasteiger partial charge in [-0.25, -0.2) is 0 Å². The van der Waals surface area contributed by atoms with E-state index in [1.54, 1.807) is 0 Å². The Labute approximate surface area is 129 Å². The van der Waals surface area contributed by atoms with Gasteiger partial charge < -0.3 is 15.0 Å². The summed E-state index contributed by atoms with van der Waals surface area (Å²) in [7, 11) is 2.22. The van der Waals surface area contributed by atoms with Gasteiger partial charge in [-0.05, 0) is 70.0 Å². The third kappa shape index (κ3) is 6.06. The maximum atomic E-state index is 5.87. The van der Waals surface area contributed by atoms with E-state index in [1.807, 2.05) is 0 Å². The van der Waals surface area contributed by atoms with Gasteiger partial charge in [0.05, 0.1) is 6.61 Å². The number of likely N-dealkylation sites (N-methyl/N-ethyl adjacent to an activating group) is 1. The quantitative estimate of drug-likeness (QED) is 0.781. The molecule has 1 fully saturated rings. The summed E-state index contributed by atoms with van der Waals surface area (Å²) >= 11 is 0. The minimum atomic E-state index is 0.684. The lowest BCUT2D eigenvalue weighted by Crippen LogP contribution is -2.42. The number of benzene rings is 1. The highest BCUT2D eigenvalue weighted by Crippen LogP contribution is 2.16. The molecule has 21 heavy (non-hydrogen) atoms. The van der Waals surface area contributed by atoms with Crippen molar-refractivity contribution < 1.29 is 4.74 Å². The van der Waals surface area contributed by atoms with E-state index in [1.165, 1.54) is 36.9 Å². The van der Waals surface area contributed by atoms with Gasteiger partial charge in [-0.2, -0.15) is 0 Å². The summed E-state index contributed by atoms with van der Waals surface area (Å²) in [5.74, 6) is 1.00. The van der Waals surface area contributed by atoms with E-state index >= 15 is 0 Å². The first-order valence-corrected chi connectivity index (χ1v) is 8.26. The van der Waals surface area contributed by atoms with E-state index in [0.29, 0.717) is 6.04 Å². The number of nitrogens with one attached hydrogen (secondary N) is 1. The maximum absolute atomic E-state index is 5.87. The summed E-state index contributed by atoms with van der Waals surface area (Å²) in [4.78, 5) is 2.42. The van der Waals surface area contributed by atoms with Crippen molar-refractivity contribution in [3.05, 3.63) is 29.3 Å². The Morgan fingerprint density at radius 3 is 2.62 bits per heavy atom. The van der Waals surface area contributed by atoms with Crippen molar-refractivity contribution in [3.8, 4) is 5.75 Å². The molecular weight excluding hydrogens is 260 g/mol. The number of nitrogens with zero attached hydrogens (tertiary/aromatic N) is 1. The van der Waals surface area contributed by atoms with Gasteiger partial charge in [-0.3, -0.25) is 0 Å². The van der Waals surface area contributed by atoms with E-state index in [-0.39, 0.29) is 0 Å². The molecule has 1 saturated heterocycles. The summed E-state index contributed by atoms with van der Waals surface area (Å²) in [6, 6.07) is 7.09. The van der Waals surface area contributed by atoms with Crippen LogP contribution in [0.15, 0.2) is 18.2 Å². The van der Waals surface area contributed by atoms with Crippen LogP contribution in [0.3, 0.4) is 0 Å². The summed E-state index contributed by atoms with van der Waals surface area (Å²) in [6.07, 6.45) is 5.12. The Bertz CT molecular complexity index is 407. The first-order chi connectivity index (χ1) is 10.1. The second-order valence-electron chi connectivity index (χ2n) is 6.43. The summed E-state index contributed by atoms with van der Waals surface area (Å²) in [5, 5.41) is 3.61. The van der Waals surface area contributed by atoms with Crippen LogP contribution in [-0.2, 0) is 0 Å². The number of ether oxygens (including phenoxy) is 1. The van der Waals surface area contributed by atoms with Gasteiger partial charge in [-0.15, -0.1) is 0 Å². The largest absolute Gasteiger partial charge is 0.494 e. The van der Waals surface area contributed by atoms with Crippen LogP contribution >= 0.6 is 0 Å². The minimum Gasteiger partial charge on any atom is -0.494 e. The van der Waals surface area contributed by atoms with Crippen LogP contribution in [0.25, 0.3) is 0 Å². The first kappa shape index (κ1) is 16.3. The fourth-order valence-corrected chi connectivity index (χ4v) is 3.09. The zero-order valence-corrected chi connectivity index (χ0v) is 13.8. The fraction of sp³-hybridized carbons (Fsp3) is 0.667. The molecule has 1 unspecified atom stereocenters. The second-order valence-corrected chi connectivity index (χ2v) is 6.43. The molecule has 1 aromatic carbocycles. The standard InChI is InChI=1S/C18H30N2O/c1-15-11-16(2)13-18(12-15)21-10-6-9-20(3)14-17-7-4-5-8-19-17/h11-13,17,19H,4-10,14H2,1-3H3. The zero-order valence-electron chi connectivity index (χ0n) is 13.8. The van der Waals surface area contributed by atoms with Gasteiger partial charge in [0.25, 0.3) is 0 Å². The lowest BCUT2D eigenvalue weighted by Gasteiger charge is -2.28. The molecular formula is C18H30N2O. The smallest absolute Gasteiger partial charge is 0.119 e. The van der Waals surface area contributed by atoms with Gasteiger partial charge >= 0.3 is 0 Å². The highest BCUT2D eigenvalue weighted by atomic mass is 16.5. The van der Waals surface area contributed by atoms with Gasteiger partial charge in [0.15, 0.2) is 0 Å². The number of rotatable bonds is 7. The number of piperidine rings is 1. The van der Waals surface area contributed by atoms with E-state index in [0.717, 1.165) is 31.9 Å². The van der Waals surface area contributed by atoms with Crippen molar-refractivity contribution >= 4 is 0 Å². The first-order valence-electron chi connectivity index (χ1n) is 8.26. The molecule has 1 heterocycles. The van der Waals surface area contributed by atoms with Crippen molar-refractivity contribution in [2.45, 2.75) is 45.6 Å². The Morgan fingerprint density at radius 2 is 1.95 bits per heavy atom. The summed E-state index contributed by atoms with van der Waals surface area (Å²) in [6.45, 7) is 8.47. The van der Waals surface area contributed by atoms with Crippen LogP contribution in [0.1, 0.15) is 36.8 Å². The number of hydrogen-bond donors (Lipinski definition) is 1. The van der Waals surface area contributed by atoms with Gasteiger partial charge in [0.1, 0.15) is 5.75 Å². The van der Waals surface area contributed by atoms with Crippen molar-refractivity contribution in [3.63, 3.8) is 0 Å². The Hall–Kier alpha value is -1.06. The average Bonchev–Trinajstić information content (AvgIpc) is 2.44. The molecule has 0 amide bonds. The molecule has 1 aliphatic heterocycles. The Balaban J connectivity index is 1.62. The maximum Gasteiger partial charge on any atom is 0.119 e. The van der Waals surface area contributed by atoms with Crippen LogP contribution in [0.2, 0.25) is 0 Å². The van der Waals surface area contributed by atoms with E-state index in [2.05, 4.69) is 49.3 Å². The number of hydrogen-bond acceptors (Lipinski definition) is 3. The highest BCUT2D eigenvalue weighted by Gasteiger charge is 2.14. The van der Waals surface area contributed by atoms with Gasteiger partial charge in [0, 0.05) is 19.1 Å². The van der Waals surface area contributed by atoms with Crippen molar-refractivity contribution in [2.24, 2.45) is 0 Å². The van der Waals surface area contributed by atoms with Gasteiger partial charge in [0.2, 0.25) is 0 Å². The van der Waals surface area contributed by atoms with Crippen molar-refractivity contribution in [1.29, 1.82) is 0 Å². The average molecular weight is 290 g/mol. The molecule has 118 valence electrons. The molecule has 0 bridgehead atoms. The van der Waals surface area contributed by atoms with E-state index in [4.69, 9.17) is 4.74 Å². The fourth-order valence-electron chi connectivity index (χ4n) is 3.09. The molecule has 0 aromatic heterocycles. The molecule has 2 rings (SSSR count). The van der Waals surface area contributed by atoms with Crippen LogP contribution in [0.4, 0.5) is 0 Å². The predicted octanol–water partition coefficient (Wildman–Crippen LogP) is 3.15. The molecule has 0 aliphatic carbocycles. The third-order valence-corrected chi connectivity index (χ3v) is 4.09. The molecule has 0 radical (unpaired) electrons. The minimum absolute atomic E-state index is 0.684. The molecule has 1 aromatic rings. The third-order valence-electron chi connectivity index (χ3n) is 4.09. The highest BCUT2D eigenvalue weighted by molar-refractivity contribution is 5.32. The van der Waals surface area contributed by atoms with E-state index < -0.39 is 0 Å². The number of aryl methyl sites for hydroxylation is 2. The second kappa shape index (κ2) is 8.40. The SMILES string of the molecule is Cc1cc(C)cc(OCCCN(C)CC2CCCCN2)c1. The predicted molar refractivity (Wildman–Crippen MR) is 89.2 cm³/mol. The molecule has 1 atom stereocenters. The zero-order chi connectivity index (χ0) is 15.1. The molecule has 3 nitrogen and oxygen atoms in total. The lowest BCUT2D eigenvalue weighted by atomic mass is 10.0. The molecule has 0 saturated carbocycles. The monoisotopic (exact) mass is 290 g/mol. The Morgan fingerprint density at radius 1 is 1.19 bits per heavy atom. The summed E-state index contributed by atoms with van der Waals surface area (Å²) in [5.41, 5.74) is 2.54. The summed E-state index contributed by atoms with van der Waals surface area (Å²) < 4.78 is 5.87. The topological polar surface area (TPSA) is 24.5 Å². The van der Waals surface area contributed by atoms with Gasteiger partial charge in [-0.1, -0.05) is 12.5 Å².